The summed E-state index contributed by atoms with van der Waals surface area (Å²) in [5.41, 5.74) is 15.8. The van der Waals surface area contributed by atoms with Gasteiger partial charge in [-0.3, -0.25) is 0 Å². The van der Waals surface area contributed by atoms with Crippen LogP contribution in [0, 0.1) is 0 Å². The van der Waals surface area contributed by atoms with Crippen LogP contribution < -0.4 is 11.5 Å². The first-order chi connectivity index (χ1) is 10.2. The maximum atomic E-state index is 6.10. The van der Waals surface area contributed by atoms with Crippen LogP contribution in [0.5, 0.6) is 0 Å². The largest absolute Gasteiger partial charge is 0.398 e. The van der Waals surface area contributed by atoms with E-state index in [2.05, 4.69) is 18.2 Å². The van der Waals surface area contributed by atoms with Crippen LogP contribution >= 0.6 is 11.8 Å². The minimum atomic E-state index is 0.776. The van der Waals surface area contributed by atoms with Crippen LogP contribution in [-0.4, -0.2) is 0 Å². The molecule has 3 aromatic carbocycles. The standard InChI is InChI=1S/C18H16N2S/c19-16-9-5-4-8-15(16)13-10-11-17(20)18(12-13)21-14-6-2-1-3-7-14/h1-12H,19-20H2. The van der Waals surface area contributed by atoms with Gasteiger partial charge in [-0.1, -0.05) is 54.2 Å². The Hall–Kier alpha value is -2.39. The van der Waals surface area contributed by atoms with Gasteiger partial charge in [-0.25, -0.2) is 0 Å². The summed E-state index contributed by atoms with van der Waals surface area (Å²) in [6, 6.07) is 24.1. The molecule has 3 aromatic rings. The van der Waals surface area contributed by atoms with E-state index in [4.69, 9.17) is 11.5 Å². The average molecular weight is 292 g/mol. The Morgan fingerprint density at radius 2 is 1.38 bits per heavy atom. The minimum Gasteiger partial charge on any atom is -0.398 e. The fourth-order valence-corrected chi connectivity index (χ4v) is 3.08. The smallest absolute Gasteiger partial charge is 0.0456 e. The molecule has 3 heteroatoms. The third kappa shape index (κ3) is 3.03. The Morgan fingerprint density at radius 3 is 2.14 bits per heavy atom. The second-order valence-corrected chi connectivity index (χ2v) is 5.87. The first-order valence-corrected chi connectivity index (χ1v) is 7.53. The number of anilines is 2. The van der Waals surface area contributed by atoms with Crippen molar-refractivity contribution in [2.75, 3.05) is 11.5 Å². The van der Waals surface area contributed by atoms with Crippen LogP contribution in [-0.2, 0) is 0 Å². The zero-order valence-electron chi connectivity index (χ0n) is 11.5. The highest BCUT2D eigenvalue weighted by molar-refractivity contribution is 7.99. The monoisotopic (exact) mass is 292 g/mol. The molecule has 0 amide bonds. The molecule has 0 aliphatic rings. The van der Waals surface area contributed by atoms with Crippen LogP contribution in [0.1, 0.15) is 0 Å². The van der Waals surface area contributed by atoms with E-state index in [1.807, 2.05) is 54.6 Å². The number of hydrogen-bond acceptors (Lipinski definition) is 3. The molecule has 0 spiro atoms. The molecule has 2 nitrogen and oxygen atoms in total. The van der Waals surface area contributed by atoms with Crippen molar-refractivity contribution >= 4 is 23.1 Å². The number of rotatable bonds is 3. The average Bonchev–Trinajstić information content (AvgIpc) is 2.51. The molecule has 0 fully saturated rings. The van der Waals surface area contributed by atoms with Crippen molar-refractivity contribution in [3.05, 3.63) is 72.8 Å². The Balaban J connectivity index is 1.99. The second kappa shape index (κ2) is 5.94. The van der Waals surface area contributed by atoms with Gasteiger partial charge in [0.05, 0.1) is 0 Å². The first-order valence-electron chi connectivity index (χ1n) is 6.71. The lowest BCUT2D eigenvalue weighted by atomic mass is 10.0. The number of hydrogen-bond donors (Lipinski definition) is 2. The van der Waals surface area contributed by atoms with E-state index in [0.717, 1.165) is 27.4 Å². The van der Waals surface area contributed by atoms with Crippen LogP contribution in [0.4, 0.5) is 11.4 Å². The van der Waals surface area contributed by atoms with E-state index >= 15 is 0 Å². The number of para-hydroxylation sites is 1. The van der Waals surface area contributed by atoms with Gasteiger partial charge in [0.2, 0.25) is 0 Å². The Bertz CT molecular complexity index is 754. The molecule has 3 rings (SSSR count). The van der Waals surface area contributed by atoms with Gasteiger partial charge < -0.3 is 11.5 Å². The summed E-state index contributed by atoms with van der Waals surface area (Å²) in [7, 11) is 0. The summed E-state index contributed by atoms with van der Waals surface area (Å²) in [5, 5.41) is 0. The lowest BCUT2D eigenvalue weighted by molar-refractivity contribution is 1.41. The van der Waals surface area contributed by atoms with Crippen molar-refractivity contribution in [2.24, 2.45) is 0 Å². The maximum Gasteiger partial charge on any atom is 0.0456 e. The van der Waals surface area contributed by atoms with Gasteiger partial charge in [-0.15, -0.1) is 0 Å². The zero-order valence-corrected chi connectivity index (χ0v) is 12.3. The van der Waals surface area contributed by atoms with E-state index < -0.39 is 0 Å². The van der Waals surface area contributed by atoms with Crippen LogP contribution in [0.2, 0.25) is 0 Å². The molecule has 0 aliphatic carbocycles. The summed E-state index contributed by atoms with van der Waals surface area (Å²) in [4.78, 5) is 2.21. The number of benzene rings is 3. The molecular weight excluding hydrogens is 276 g/mol. The van der Waals surface area contributed by atoms with Crippen molar-refractivity contribution in [1.82, 2.24) is 0 Å². The molecule has 4 N–H and O–H groups in total. The number of nitrogens with two attached hydrogens (primary N) is 2. The van der Waals surface area contributed by atoms with Crippen molar-refractivity contribution < 1.29 is 0 Å². The highest BCUT2D eigenvalue weighted by Crippen LogP contribution is 2.36. The molecule has 0 saturated heterocycles. The predicted molar refractivity (Wildman–Crippen MR) is 91.3 cm³/mol. The van der Waals surface area contributed by atoms with Gasteiger partial charge in [0.15, 0.2) is 0 Å². The molecule has 0 aromatic heterocycles. The topological polar surface area (TPSA) is 52.0 Å². The summed E-state index contributed by atoms with van der Waals surface area (Å²) >= 11 is 1.66. The van der Waals surface area contributed by atoms with E-state index in [0.29, 0.717) is 0 Å². The summed E-state index contributed by atoms with van der Waals surface area (Å²) < 4.78 is 0. The van der Waals surface area contributed by atoms with Crippen molar-refractivity contribution in [3.63, 3.8) is 0 Å². The van der Waals surface area contributed by atoms with Crippen LogP contribution in [0.3, 0.4) is 0 Å². The Morgan fingerprint density at radius 1 is 0.667 bits per heavy atom. The summed E-state index contributed by atoms with van der Waals surface area (Å²) in [6.45, 7) is 0. The quantitative estimate of drug-likeness (QED) is 0.690. The first kappa shape index (κ1) is 13.6. The van der Waals surface area contributed by atoms with Gasteiger partial charge >= 0.3 is 0 Å². The molecule has 104 valence electrons. The summed E-state index contributed by atoms with van der Waals surface area (Å²) in [5.74, 6) is 0. The fraction of sp³-hybridized carbons (Fsp3) is 0. The molecular formula is C18H16N2S. The minimum absolute atomic E-state index is 0.776. The zero-order chi connectivity index (χ0) is 14.7. The normalized spacial score (nSPS) is 10.5. The van der Waals surface area contributed by atoms with Crippen LogP contribution in [0.15, 0.2) is 82.6 Å². The SMILES string of the molecule is Nc1ccc(-c2ccccc2N)cc1Sc1ccccc1. The van der Waals surface area contributed by atoms with E-state index in [-0.39, 0.29) is 0 Å². The molecule has 0 radical (unpaired) electrons. The van der Waals surface area contributed by atoms with E-state index in [9.17, 15) is 0 Å². The molecule has 0 heterocycles. The van der Waals surface area contributed by atoms with E-state index in [1.54, 1.807) is 11.8 Å². The predicted octanol–water partition coefficient (Wildman–Crippen LogP) is 4.67. The molecule has 0 atom stereocenters. The number of nitrogen functional groups attached to an aromatic ring is 2. The molecule has 0 saturated carbocycles. The Kier molecular flexibility index (Phi) is 3.84. The third-order valence-corrected chi connectivity index (χ3v) is 4.34. The molecule has 0 aliphatic heterocycles. The van der Waals surface area contributed by atoms with Gasteiger partial charge in [0, 0.05) is 26.7 Å². The summed E-state index contributed by atoms with van der Waals surface area (Å²) in [6.07, 6.45) is 0. The Labute approximate surface area is 128 Å². The molecule has 21 heavy (non-hydrogen) atoms. The fourth-order valence-electron chi connectivity index (χ4n) is 2.17. The van der Waals surface area contributed by atoms with Gasteiger partial charge in [-0.2, -0.15) is 0 Å². The van der Waals surface area contributed by atoms with Crippen molar-refractivity contribution in [2.45, 2.75) is 9.79 Å². The third-order valence-electron chi connectivity index (χ3n) is 3.26. The van der Waals surface area contributed by atoms with Gasteiger partial charge in [0.1, 0.15) is 0 Å². The second-order valence-electron chi connectivity index (χ2n) is 4.75. The molecule has 0 bridgehead atoms. The highest BCUT2D eigenvalue weighted by Gasteiger charge is 2.07. The maximum absolute atomic E-state index is 6.10. The van der Waals surface area contributed by atoms with E-state index in [1.165, 1.54) is 4.90 Å². The lowest BCUT2D eigenvalue weighted by Gasteiger charge is -2.10. The van der Waals surface area contributed by atoms with Gasteiger partial charge in [-0.05, 0) is 35.9 Å². The highest BCUT2D eigenvalue weighted by atomic mass is 32.2. The van der Waals surface area contributed by atoms with Crippen molar-refractivity contribution in [3.8, 4) is 11.1 Å². The van der Waals surface area contributed by atoms with Crippen molar-refractivity contribution in [1.29, 1.82) is 0 Å². The molecule has 0 unspecified atom stereocenters. The lowest BCUT2D eigenvalue weighted by Crippen LogP contribution is -1.92. The van der Waals surface area contributed by atoms with Gasteiger partial charge in [0.25, 0.3) is 0 Å². The van der Waals surface area contributed by atoms with Crippen LogP contribution in [0.25, 0.3) is 11.1 Å².